The molecule has 0 unspecified atom stereocenters. The van der Waals surface area contributed by atoms with E-state index < -0.39 is 0 Å². The number of hydrogen-bond donors (Lipinski definition) is 2. The zero-order chi connectivity index (χ0) is 20.5. The first-order chi connectivity index (χ1) is 14.2. The van der Waals surface area contributed by atoms with Crippen LogP contribution in [0.5, 0.6) is 11.5 Å². The van der Waals surface area contributed by atoms with E-state index in [0.717, 1.165) is 11.3 Å². The number of thiocarbonyl (C=S) groups is 1. The van der Waals surface area contributed by atoms with E-state index >= 15 is 0 Å². The molecule has 0 aromatic heterocycles. The smallest absolute Gasteiger partial charge is 0.261 e. The van der Waals surface area contributed by atoms with Crippen LogP contribution in [0.3, 0.4) is 0 Å². The van der Waals surface area contributed by atoms with Gasteiger partial charge < -0.3 is 14.8 Å². The summed E-state index contributed by atoms with van der Waals surface area (Å²) in [5.41, 5.74) is 2.24. The Morgan fingerprint density at radius 1 is 0.931 bits per heavy atom. The molecule has 2 N–H and O–H groups in total. The van der Waals surface area contributed by atoms with Crippen LogP contribution < -0.4 is 20.1 Å². The Hall–Kier alpha value is -3.38. The third kappa shape index (κ3) is 6.05. The minimum absolute atomic E-state index is 0.196. The number of carbonyl (C=O) groups is 1. The van der Waals surface area contributed by atoms with Crippen molar-refractivity contribution in [1.29, 1.82) is 0 Å². The highest BCUT2D eigenvalue weighted by Crippen LogP contribution is 2.20. The Morgan fingerprint density at radius 3 is 2.48 bits per heavy atom. The molecule has 0 saturated carbocycles. The van der Waals surface area contributed by atoms with Gasteiger partial charge in [-0.05, 0) is 49.0 Å². The molecular formula is C23H22N2O3S. The number of para-hydroxylation sites is 1. The molecule has 29 heavy (non-hydrogen) atoms. The van der Waals surface area contributed by atoms with Crippen LogP contribution in [0.15, 0.2) is 78.9 Å². The van der Waals surface area contributed by atoms with Crippen molar-refractivity contribution in [3.63, 3.8) is 0 Å². The maximum atomic E-state index is 12.5. The van der Waals surface area contributed by atoms with Gasteiger partial charge in [0.1, 0.15) is 18.1 Å². The van der Waals surface area contributed by atoms with Crippen molar-refractivity contribution in [3.8, 4) is 11.5 Å². The summed E-state index contributed by atoms with van der Waals surface area (Å²) in [7, 11) is 0. The minimum Gasteiger partial charge on any atom is -0.493 e. The highest BCUT2D eigenvalue weighted by atomic mass is 32.1. The zero-order valence-electron chi connectivity index (χ0n) is 16.1. The first-order valence-electron chi connectivity index (χ1n) is 9.26. The molecule has 1 amide bonds. The van der Waals surface area contributed by atoms with Crippen LogP contribution in [0.4, 0.5) is 5.69 Å². The average Bonchev–Trinajstić information content (AvgIpc) is 2.74. The molecule has 0 aliphatic heterocycles. The Morgan fingerprint density at radius 2 is 1.69 bits per heavy atom. The van der Waals surface area contributed by atoms with Gasteiger partial charge in [0, 0.05) is 11.8 Å². The minimum atomic E-state index is -0.331. The number of benzene rings is 3. The van der Waals surface area contributed by atoms with Crippen LogP contribution in [0.25, 0.3) is 0 Å². The van der Waals surface area contributed by atoms with Gasteiger partial charge in [0.25, 0.3) is 5.91 Å². The molecule has 3 rings (SSSR count). The van der Waals surface area contributed by atoms with Crippen molar-refractivity contribution in [2.45, 2.75) is 13.5 Å². The molecule has 148 valence electrons. The zero-order valence-corrected chi connectivity index (χ0v) is 16.9. The largest absolute Gasteiger partial charge is 0.493 e. The van der Waals surface area contributed by atoms with Gasteiger partial charge in [-0.1, -0.05) is 48.5 Å². The molecule has 3 aromatic rings. The van der Waals surface area contributed by atoms with Gasteiger partial charge in [-0.25, -0.2) is 0 Å². The third-order valence-corrected chi connectivity index (χ3v) is 4.20. The van der Waals surface area contributed by atoms with Crippen molar-refractivity contribution in [2.75, 3.05) is 11.9 Å². The second-order valence-corrected chi connectivity index (χ2v) is 6.55. The van der Waals surface area contributed by atoms with E-state index in [9.17, 15) is 4.79 Å². The van der Waals surface area contributed by atoms with Crippen molar-refractivity contribution in [1.82, 2.24) is 5.32 Å². The van der Waals surface area contributed by atoms with E-state index in [1.165, 1.54) is 0 Å². The average molecular weight is 407 g/mol. The van der Waals surface area contributed by atoms with Gasteiger partial charge in [0.05, 0.1) is 12.2 Å². The predicted octanol–water partition coefficient (Wildman–Crippen LogP) is 4.79. The van der Waals surface area contributed by atoms with Crippen molar-refractivity contribution in [2.24, 2.45) is 0 Å². The number of anilines is 1. The number of nitrogens with one attached hydrogen (secondary N) is 2. The van der Waals surface area contributed by atoms with E-state index in [1.807, 2.05) is 67.6 Å². The lowest BCUT2D eigenvalue weighted by Gasteiger charge is -2.13. The maximum Gasteiger partial charge on any atom is 0.261 e. The number of ether oxygens (including phenoxy) is 2. The molecule has 0 saturated heterocycles. The summed E-state index contributed by atoms with van der Waals surface area (Å²) >= 11 is 5.28. The number of amides is 1. The lowest BCUT2D eigenvalue weighted by Crippen LogP contribution is -2.34. The molecule has 3 aromatic carbocycles. The maximum absolute atomic E-state index is 12.5. The van der Waals surface area contributed by atoms with Crippen molar-refractivity contribution in [3.05, 3.63) is 90.0 Å². The van der Waals surface area contributed by atoms with Crippen LogP contribution in [0.1, 0.15) is 22.8 Å². The van der Waals surface area contributed by atoms with E-state index in [2.05, 4.69) is 10.6 Å². The molecule has 0 aliphatic rings. The second-order valence-electron chi connectivity index (χ2n) is 6.14. The molecule has 5 nitrogen and oxygen atoms in total. The fourth-order valence-electron chi connectivity index (χ4n) is 2.67. The Balaban J connectivity index is 1.58. The highest BCUT2D eigenvalue weighted by Gasteiger charge is 2.13. The molecule has 6 heteroatoms. The van der Waals surface area contributed by atoms with E-state index in [-0.39, 0.29) is 11.0 Å². The van der Waals surface area contributed by atoms with Gasteiger partial charge in [-0.2, -0.15) is 0 Å². The molecule has 0 heterocycles. The fraction of sp³-hybridized carbons (Fsp3) is 0.130. The summed E-state index contributed by atoms with van der Waals surface area (Å²) < 4.78 is 11.3. The first kappa shape index (κ1) is 20.4. The topological polar surface area (TPSA) is 59.6 Å². The SMILES string of the molecule is CCOc1ccccc1C(=O)NC(=S)Nc1cccc(OCc2ccccc2)c1. The van der Waals surface area contributed by atoms with Crippen LogP contribution in [-0.4, -0.2) is 17.6 Å². The molecule has 0 atom stereocenters. The second kappa shape index (κ2) is 10.2. The van der Waals surface area contributed by atoms with Crippen LogP contribution in [0, 0.1) is 0 Å². The van der Waals surface area contributed by atoms with Crippen LogP contribution >= 0.6 is 12.2 Å². The number of carbonyl (C=O) groups excluding carboxylic acids is 1. The number of hydrogen-bond acceptors (Lipinski definition) is 4. The first-order valence-corrected chi connectivity index (χ1v) is 9.67. The Labute approximate surface area is 175 Å². The molecule has 0 radical (unpaired) electrons. The lowest BCUT2D eigenvalue weighted by atomic mass is 10.2. The van der Waals surface area contributed by atoms with Gasteiger partial charge in [-0.3, -0.25) is 10.1 Å². The summed E-state index contributed by atoms with van der Waals surface area (Å²) in [6, 6.07) is 24.4. The molecule has 0 bridgehead atoms. The summed E-state index contributed by atoms with van der Waals surface area (Å²) in [6.45, 7) is 2.82. The van der Waals surface area contributed by atoms with Gasteiger partial charge in [0.15, 0.2) is 5.11 Å². The summed E-state index contributed by atoms with van der Waals surface area (Å²) in [6.07, 6.45) is 0. The molecule has 0 spiro atoms. The lowest BCUT2D eigenvalue weighted by molar-refractivity contribution is 0.0974. The molecule has 0 aliphatic carbocycles. The Kier molecular flexibility index (Phi) is 7.19. The third-order valence-electron chi connectivity index (χ3n) is 4.00. The normalized spacial score (nSPS) is 10.1. The van der Waals surface area contributed by atoms with Gasteiger partial charge in [0.2, 0.25) is 0 Å². The monoisotopic (exact) mass is 406 g/mol. The van der Waals surface area contributed by atoms with Crippen LogP contribution in [0.2, 0.25) is 0 Å². The summed E-state index contributed by atoms with van der Waals surface area (Å²) in [4.78, 5) is 12.5. The summed E-state index contributed by atoms with van der Waals surface area (Å²) in [5.74, 6) is 0.893. The van der Waals surface area contributed by atoms with E-state index in [4.69, 9.17) is 21.7 Å². The van der Waals surface area contributed by atoms with E-state index in [1.54, 1.807) is 18.2 Å². The predicted molar refractivity (Wildman–Crippen MR) is 119 cm³/mol. The van der Waals surface area contributed by atoms with Crippen molar-refractivity contribution >= 4 is 28.9 Å². The summed E-state index contributed by atoms with van der Waals surface area (Å²) in [5, 5.41) is 5.89. The number of rotatable bonds is 7. The van der Waals surface area contributed by atoms with Crippen LogP contribution in [-0.2, 0) is 6.61 Å². The van der Waals surface area contributed by atoms with Gasteiger partial charge in [-0.15, -0.1) is 0 Å². The highest BCUT2D eigenvalue weighted by molar-refractivity contribution is 7.80. The molecule has 0 fully saturated rings. The Bertz CT molecular complexity index is 977. The van der Waals surface area contributed by atoms with E-state index in [0.29, 0.717) is 30.3 Å². The standard InChI is InChI=1S/C23H22N2O3S/c1-2-27-21-14-7-6-13-20(21)22(26)25-23(29)24-18-11-8-12-19(15-18)28-16-17-9-4-3-5-10-17/h3-15H,2,16H2,1H3,(H2,24,25,26,29). The van der Waals surface area contributed by atoms with Crippen molar-refractivity contribution < 1.29 is 14.3 Å². The van der Waals surface area contributed by atoms with Gasteiger partial charge >= 0.3 is 0 Å². The molecular weight excluding hydrogens is 384 g/mol. The fourth-order valence-corrected chi connectivity index (χ4v) is 2.88. The quantitative estimate of drug-likeness (QED) is 0.553.